The molecule has 1 aromatic carbocycles. The fourth-order valence-corrected chi connectivity index (χ4v) is 3.78. The summed E-state index contributed by atoms with van der Waals surface area (Å²) in [7, 11) is 2.16. The number of thiophene rings is 1. The van der Waals surface area contributed by atoms with Crippen LogP contribution < -0.4 is 4.90 Å². The van der Waals surface area contributed by atoms with Gasteiger partial charge >= 0.3 is 0 Å². The molecule has 0 saturated heterocycles. The fraction of sp³-hybridized carbons (Fsp3) is 0.222. The Hall–Kier alpha value is -2.62. The van der Waals surface area contributed by atoms with Crippen LogP contribution in [0.4, 0.5) is 0 Å². The number of aromatic nitrogens is 6. The summed E-state index contributed by atoms with van der Waals surface area (Å²) < 4.78 is 4.26. The molecular formula is C18H20N7S2+. The summed E-state index contributed by atoms with van der Waals surface area (Å²) in [6.07, 6.45) is 3.23. The van der Waals surface area contributed by atoms with Gasteiger partial charge in [-0.1, -0.05) is 18.2 Å². The van der Waals surface area contributed by atoms with Crippen LogP contribution in [0.1, 0.15) is 18.5 Å². The van der Waals surface area contributed by atoms with E-state index >= 15 is 0 Å². The third kappa shape index (κ3) is 3.75. The van der Waals surface area contributed by atoms with Crippen LogP contribution in [0.5, 0.6) is 0 Å². The highest BCUT2D eigenvalue weighted by molar-refractivity contribution is 7.71. The first kappa shape index (κ1) is 17.8. The van der Waals surface area contributed by atoms with Gasteiger partial charge in [0, 0.05) is 5.56 Å². The summed E-state index contributed by atoms with van der Waals surface area (Å²) >= 11 is 7.08. The van der Waals surface area contributed by atoms with Crippen LogP contribution in [0.25, 0.3) is 16.4 Å². The van der Waals surface area contributed by atoms with E-state index in [1.165, 1.54) is 16.8 Å². The minimum absolute atomic E-state index is 0.296. The first-order chi connectivity index (χ1) is 13.1. The summed E-state index contributed by atoms with van der Waals surface area (Å²) in [6, 6.07) is 12.7. The zero-order valence-corrected chi connectivity index (χ0v) is 16.7. The minimum atomic E-state index is 0.296. The molecule has 27 heavy (non-hydrogen) atoms. The molecule has 0 aliphatic carbocycles. The topological polar surface area (TPSA) is 68.8 Å². The van der Waals surface area contributed by atoms with Gasteiger partial charge in [0.2, 0.25) is 4.77 Å². The third-order valence-corrected chi connectivity index (χ3v) is 5.85. The maximum atomic E-state index is 5.43. The highest BCUT2D eigenvalue weighted by Gasteiger charge is 2.17. The van der Waals surface area contributed by atoms with E-state index in [2.05, 4.69) is 58.4 Å². The van der Waals surface area contributed by atoms with Crippen molar-refractivity contribution in [2.45, 2.75) is 19.6 Å². The first-order valence-electron chi connectivity index (χ1n) is 8.60. The lowest BCUT2D eigenvalue weighted by molar-refractivity contribution is -0.933. The van der Waals surface area contributed by atoms with E-state index in [-0.39, 0.29) is 0 Å². The van der Waals surface area contributed by atoms with E-state index in [1.54, 1.807) is 22.3 Å². The van der Waals surface area contributed by atoms with Crippen molar-refractivity contribution in [1.82, 2.24) is 29.5 Å². The first-order valence-corrected chi connectivity index (χ1v) is 9.88. The largest absolute Gasteiger partial charge is 0.313 e. The molecule has 2 atom stereocenters. The van der Waals surface area contributed by atoms with E-state index in [0.717, 1.165) is 16.4 Å². The number of nitrogens with one attached hydrogen (secondary N) is 2. The zero-order valence-electron chi connectivity index (χ0n) is 15.0. The molecule has 4 aromatic rings. The van der Waals surface area contributed by atoms with Gasteiger partial charge in [0.05, 0.1) is 17.6 Å². The van der Waals surface area contributed by atoms with Crippen LogP contribution in [0, 0.1) is 4.77 Å². The van der Waals surface area contributed by atoms with Crippen LogP contribution in [-0.2, 0) is 6.67 Å². The second-order valence-corrected chi connectivity index (χ2v) is 7.73. The van der Waals surface area contributed by atoms with Crippen molar-refractivity contribution in [3.05, 3.63) is 64.8 Å². The van der Waals surface area contributed by atoms with Gasteiger partial charge in [-0.3, -0.25) is 5.10 Å². The molecule has 0 fully saturated rings. The smallest absolute Gasteiger partial charge is 0.221 e. The Kier molecular flexibility index (Phi) is 4.97. The maximum absolute atomic E-state index is 5.43. The quantitative estimate of drug-likeness (QED) is 0.490. The normalized spacial score (nSPS) is 13.6. The second-order valence-electron chi connectivity index (χ2n) is 6.42. The Morgan fingerprint density at radius 2 is 2.07 bits per heavy atom. The highest BCUT2D eigenvalue weighted by atomic mass is 32.1. The van der Waals surface area contributed by atoms with Gasteiger partial charge in [0.1, 0.15) is 18.7 Å². The molecule has 0 spiro atoms. The lowest BCUT2D eigenvalue weighted by Crippen LogP contribution is -3.08. The zero-order chi connectivity index (χ0) is 18.8. The van der Waals surface area contributed by atoms with Crippen LogP contribution >= 0.6 is 23.6 Å². The summed E-state index contributed by atoms with van der Waals surface area (Å²) in [5, 5.41) is 9.52. The van der Waals surface area contributed by atoms with Crippen molar-refractivity contribution >= 4 is 23.6 Å². The Morgan fingerprint density at radius 1 is 1.26 bits per heavy atom. The molecule has 4 rings (SSSR count). The average molecular weight is 399 g/mol. The van der Waals surface area contributed by atoms with Crippen LogP contribution in [-0.4, -0.2) is 36.6 Å². The SMILES string of the molecule is C[C@H](c1ccc(-n2cncn2)cc1)[NH+](C)Cn1[nH]c(-c2cccs2)nc1=S. The molecule has 0 amide bonds. The van der Waals surface area contributed by atoms with Crippen molar-refractivity contribution in [2.24, 2.45) is 0 Å². The maximum Gasteiger partial charge on any atom is 0.221 e. The molecular weight excluding hydrogens is 378 g/mol. The van der Waals surface area contributed by atoms with Crippen LogP contribution in [0.2, 0.25) is 0 Å². The van der Waals surface area contributed by atoms with E-state index in [9.17, 15) is 0 Å². The average Bonchev–Trinajstić information content (AvgIpc) is 3.44. The summed E-state index contributed by atoms with van der Waals surface area (Å²) in [5.41, 5.74) is 2.25. The van der Waals surface area contributed by atoms with Gasteiger partial charge in [-0.05, 0) is 42.7 Å². The molecule has 2 N–H and O–H groups in total. The Balaban J connectivity index is 1.48. The van der Waals surface area contributed by atoms with Crippen LogP contribution in [0.15, 0.2) is 54.4 Å². The number of hydrogen-bond acceptors (Lipinski definition) is 5. The van der Waals surface area contributed by atoms with Crippen molar-refractivity contribution in [2.75, 3.05) is 7.05 Å². The van der Waals surface area contributed by atoms with Crippen molar-refractivity contribution < 1.29 is 4.90 Å². The number of benzene rings is 1. The number of hydrogen-bond donors (Lipinski definition) is 2. The van der Waals surface area contributed by atoms with Gasteiger partial charge in [-0.25, -0.2) is 14.3 Å². The molecule has 0 bridgehead atoms. The van der Waals surface area contributed by atoms with Crippen molar-refractivity contribution in [3.8, 4) is 16.4 Å². The fourth-order valence-electron chi connectivity index (χ4n) is 2.92. The van der Waals surface area contributed by atoms with Gasteiger partial charge in [0.25, 0.3) is 0 Å². The molecule has 3 heterocycles. The summed E-state index contributed by atoms with van der Waals surface area (Å²) in [5.74, 6) is 0.827. The molecule has 0 radical (unpaired) electrons. The number of rotatable bonds is 6. The molecule has 138 valence electrons. The number of nitrogens with zero attached hydrogens (tertiary/aromatic N) is 5. The van der Waals surface area contributed by atoms with E-state index in [4.69, 9.17) is 12.2 Å². The van der Waals surface area contributed by atoms with Crippen molar-refractivity contribution in [3.63, 3.8) is 0 Å². The Labute approximate surface area is 165 Å². The monoisotopic (exact) mass is 398 g/mol. The number of quaternary nitrogens is 1. The molecule has 0 aliphatic rings. The molecule has 0 saturated carbocycles. The predicted molar refractivity (Wildman–Crippen MR) is 107 cm³/mol. The number of H-pyrrole nitrogens is 1. The highest BCUT2D eigenvalue weighted by Crippen LogP contribution is 2.20. The lowest BCUT2D eigenvalue weighted by atomic mass is 10.1. The number of aromatic amines is 1. The standard InChI is InChI=1S/C18H19N7S2/c1-13(14-5-7-15(8-6-14)24-11-19-10-20-24)23(2)12-25-18(26)21-17(22-25)16-4-3-9-27-16/h3-11,13H,12H2,1-2H3,(H,21,22,26)/p+1/t13-/m1/s1. The molecule has 3 aromatic heterocycles. The predicted octanol–water partition coefficient (Wildman–Crippen LogP) is 2.48. The van der Waals surface area contributed by atoms with E-state index in [0.29, 0.717) is 17.5 Å². The summed E-state index contributed by atoms with van der Waals surface area (Å²) in [4.78, 5) is 10.9. The van der Waals surface area contributed by atoms with Gasteiger partial charge in [-0.2, -0.15) is 10.1 Å². The van der Waals surface area contributed by atoms with E-state index < -0.39 is 0 Å². The lowest BCUT2D eigenvalue weighted by Gasteiger charge is -2.22. The Bertz CT molecular complexity index is 1050. The molecule has 0 aliphatic heterocycles. The van der Waals surface area contributed by atoms with E-state index in [1.807, 2.05) is 22.2 Å². The van der Waals surface area contributed by atoms with Crippen LogP contribution in [0.3, 0.4) is 0 Å². The molecule has 9 heteroatoms. The van der Waals surface area contributed by atoms with Gasteiger partial charge in [0.15, 0.2) is 12.5 Å². The van der Waals surface area contributed by atoms with Gasteiger partial charge in [-0.15, -0.1) is 11.3 Å². The molecule has 7 nitrogen and oxygen atoms in total. The minimum Gasteiger partial charge on any atom is -0.313 e. The summed E-state index contributed by atoms with van der Waals surface area (Å²) in [6.45, 7) is 2.92. The molecule has 1 unspecified atom stereocenters. The third-order valence-electron chi connectivity index (χ3n) is 4.66. The van der Waals surface area contributed by atoms with Gasteiger partial charge < -0.3 is 4.90 Å². The second kappa shape index (κ2) is 7.55. The van der Waals surface area contributed by atoms with Crippen molar-refractivity contribution in [1.29, 1.82) is 0 Å². The Morgan fingerprint density at radius 3 is 2.74 bits per heavy atom.